The van der Waals surface area contributed by atoms with Gasteiger partial charge in [-0.2, -0.15) is 0 Å². The molecule has 3 aromatic heterocycles. The first kappa shape index (κ1) is 20.0. The summed E-state index contributed by atoms with van der Waals surface area (Å²) < 4.78 is 6.68. The van der Waals surface area contributed by atoms with Crippen LogP contribution in [0, 0.1) is 5.92 Å². The van der Waals surface area contributed by atoms with Gasteiger partial charge in [-0.1, -0.05) is 12.1 Å². The standard InChI is InChI=1S/C24H25N7O2/c32-22-14(9-15-10-25-11-27-15)6-7-16-17(22)3-1-5-19(16)33-23(18-4-2-8-26-18)20-21-24(30-12-28-20)31-13-29-21/h1,3,5,10-14,18,23,26H,2,4,6-9H2,(H,25,27)(H,28,29,30,31)/t14?,18?,23-/m1/s1. The highest BCUT2D eigenvalue weighted by atomic mass is 16.5. The van der Waals surface area contributed by atoms with E-state index in [0.29, 0.717) is 12.1 Å². The lowest BCUT2D eigenvalue weighted by Gasteiger charge is -2.29. The van der Waals surface area contributed by atoms with Crippen molar-refractivity contribution in [1.82, 2.24) is 35.2 Å². The van der Waals surface area contributed by atoms with E-state index in [2.05, 4.69) is 35.2 Å². The maximum Gasteiger partial charge on any atom is 0.180 e. The number of hydrogen-bond acceptors (Lipinski definition) is 7. The molecule has 9 nitrogen and oxygen atoms in total. The van der Waals surface area contributed by atoms with Crippen LogP contribution in [0.1, 0.15) is 52.7 Å². The molecule has 2 unspecified atom stereocenters. The summed E-state index contributed by atoms with van der Waals surface area (Å²) in [6.45, 7) is 0.947. The van der Waals surface area contributed by atoms with Gasteiger partial charge >= 0.3 is 0 Å². The van der Waals surface area contributed by atoms with Crippen LogP contribution in [0.3, 0.4) is 0 Å². The highest BCUT2D eigenvalue weighted by Crippen LogP contribution is 2.37. The van der Waals surface area contributed by atoms with Crippen molar-refractivity contribution in [2.24, 2.45) is 5.92 Å². The molecule has 1 aliphatic heterocycles. The molecule has 33 heavy (non-hydrogen) atoms. The van der Waals surface area contributed by atoms with Crippen LogP contribution in [0.25, 0.3) is 11.2 Å². The third-order valence-electron chi connectivity index (χ3n) is 6.77. The van der Waals surface area contributed by atoms with Crippen LogP contribution in [0.4, 0.5) is 0 Å². The zero-order valence-electron chi connectivity index (χ0n) is 18.1. The number of imidazole rings is 2. The summed E-state index contributed by atoms with van der Waals surface area (Å²) in [5.41, 5.74) is 4.94. The van der Waals surface area contributed by atoms with Crippen LogP contribution < -0.4 is 10.1 Å². The number of ether oxygens (including phenoxy) is 1. The number of aromatic nitrogens is 6. The SMILES string of the molecule is O=C1c2cccc(O[C@@H](c3ncnc4nc[nH]c34)C3CCCN3)c2CCC1Cc1cnc[nH]1. The van der Waals surface area contributed by atoms with Crippen molar-refractivity contribution in [2.75, 3.05) is 6.54 Å². The average molecular weight is 444 g/mol. The second-order valence-electron chi connectivity index (χ2n) is 8.76. The second-order valence-corrected chi connectivity index (χ2v) is 8.76. The summed E-state index contributed by atoms with van der Waals surface area (Å²) in [5.74, 6) is 0.877. The number of hydrogen-bond donors (Lipinski definition) is 3. The summed E-state index contributed by atoms with van der Waals surface area (Å²) in [7, 11) is 0. The number of benzene rings is 1. The van der Waals surface area contributed by atoms with E-state index in [1.165, 1.54) is 6.33 Å². The number of H-pyrrole nitrogens is 2. The van der Waals surface area contributed by atoms with Crippen molar-refractivity contribution in [3.63, 3.8) is 0 Å². The van der Waals surface area contributed by atoms with Crippen molar-refractivity contribution < 1.29 is 9.53 Å². The summed E-state index contributed by atoms with van der Waals surface area (Å²) >= 11 is 0. The number of ketones is 1. The Morgan fingerprint density at radius 1 is 1.12 bits per heavy atom. The monoisotopic (exact) mass is 443 g/mol. The predicted octanol–water partition coefficient (Wildman–Crippen LogP) is 2.94. The molecule has 3 atom stereocenters. The molecule has 0 bridgehead atoms. The van der Waals surface area contributed by atoms with E-state index in [1.807, 2.05) is 18.2 Å². The Kier molecular flexibility index (Phi) is 5.10. The molecule has 1 aliphatic carbocycles. The highest BCUT2D eigenvalue weighted by molar-refractivity contribution is 6.01. The van der Waals surface area contributed by atoms with Crippen LogP contribution in [0.2, 0.25) is 0 Å². The zero-order chi connectivity index (χ0) is 22.2. The van der Waals surface area contributed by atoms with Gasteiger partial charge in [0.25, 0.3) is 0 Å². The van der Waals surface area contributed by atoms with Gasteiger partial charge in [-0.05, 0) is 44.7 Å². The Labute approximate surface area is 190 Å². The summed E-state index contributed by atoms with van der Waals surface area (Å²) in [6, 6.07) is 5.92. The minimum Gasteiger partial charge on any atom is -0.482 e. The van der Waals surface area contributed by atoms with Gasteiger partial charge in [0.05, 0.1) is 18.7 Å². The normalized spacial score (nSPS) is 21.3. The average Bonchev–Trinajstić information content (AvgIpc) is 3.62. The molecule has 3 N–H and O–H groups in total. The molecule has 0 radical (unpaired) electrons. The van der Waals surface area contributed by atoms with Crippen LogP contribution >= 0.6 is 0 Å². The molecular formula is C24H25N7O2. The molecule has 0 amide bonds. The Morgan fingerprint density at radius 3 is 2.94 bits per heavy atom. The number of carbonyl (C=O) groups excluding carboxylic acids is 1. The minimum absolute atomic E-state index is 0.0491. The molecule has 4 aromatic rings. The first-order chi connectivity index (χ1) is 16.3. The van der Waals surface area contributed by atoms with Crippen molar-refractivity contribution in [2.45, 2.75) is 44.2 Å². The molecule has 1 aromatic carbocycles. The maximum absolute atomic E-state index is 13.3. The number of nitrogens with zero attached hydrogens (tertiary/aromatic N) is 4. The lowest BCUT2D eigenvalue weighted by atomic mass is 9.80. The van der Waals surface area contributed by atoms with Gasteiger partial charge in [-0.25, -0.2) is 19.9 Å². The van der Waals surface area contributed by atoms with E-state index < -0.39 is 0 Å². The van der Waals surface area contributed by atoms with E-state index in [9.17, 15) is 4.79 Å². The van der Waals surface area contributed by atoms with E-state index >= 15 is 0 Å². The molecule has 1 saturated heterocycles. The van der Waals surface area contributed by atoms with Crippen LogP contribution in [-0.4, -0.2) is 48.3 Å². The van der Waals surface area contributed by atoms with Crippen molar-refractivity contribution in [1.29, 1.82) is 0 Å². The van der Waals surface area contributed by atoms with Gasteiger partial charge < -0.3 is 20.0 Å². The Morgan fingerprint density at radius 2 is 2.09 bits per heavy atom. The molecular weight excluding hydrogens is 418 g/mol. The number of carbonyl (C=O) groups is 1. The third kappa shape index (κ3) is 3.68. The van der Waals surface area contributed by atoms with Gasteiger partial charge in [0.1, 0.15) is 23.3 Å². The van der Waals surface area contributed by atoms with Gasteiger partial charge in [-0.15, -0.1) is 0 Å². The van der Waals surface area contributed by atoms with Gasteiger partial charge in [-0.3, -0.25) is 4.79 Å². The smallest absolute Gasteiger partial charge is 0.180 e. The van der Waals surface area contributed by atoms with Crippen LogP contribution in [0.15, 0.2) is 43.4 Å². The van der Waals surface area contributed by atoms with Crippen molar-refractivity contribution in [3.05, 3.63) is 65.9 Å². The fraction of sp³-hybridized carbons (Fsp3) is 0.375. The fourth-order valence-electron chi connectivity index (χ4n) is 5.13. The molecule has 2 aliphatic rings. The zero-order valence-corrected chi connectivity index (χ0v) is 18.1. The topological polar surface area (TPSA) is 121 Å². The summed E-state index contributed by atoms with van der Waals surface area (Å²) in [6.07, 6.45) is 10.6. The third-order valence-corrected chi connectivity index (χ3v) is 6.77. The Balaban J connectivity index is 1.33. The van der Waals surface area contributed by atoms with Crippen molar-refractivity contribution >= 4 is 16.9 Å². The van der Waals surface area contributed by atoms with E-state index in [0.717, 1.165) is 66.0 Å². The van der Waals surface area contributed by atoms with E-state index in [1.54, 1.807) is 18.9 Å². The largest absolute Gasteiger partial charge is 0.482 e. The summed E-state index contributed by atoms with van der Waals surface area (Å²) in [5, 5.41) is 3.56. The first-order valence-electron chi connectivity index (χ1n) is 11.5. The highest BCUT2D eigenvalue weighted by Gasteiger charge is 2.34. The molecule has 9 heteroatoms. The molecule has 168 valence electrons. The lowest BCUT2D eigenvalue weighted by molar-refractivity contribution is 0.0897. The van der Waals surface area contributed by atoms with Crippen molar-refractivity contribution in [3.8, 4) is 5.75 Å². The summed E-state index contributed by atoms with van der Waals surface area (Å²) in [4.78, 5) is 36.8. The van der Waals surface area contributed by atoms with Crippen LogP contribution in [-0.2, 0) is 12.8 Å². The number of Topliss-reactive ketones (excluding diaryl/α,β-unsaturated/α-hetero) is 1. The second kappa shape index (κ2) is 8.40. The molecule has 6 rings (SSSR count). The fourth-order valence-corrected chi connectivity index (χ4v) is 5.13. The lowest BCUT2D eigenvalue weighted by Crippen LogP contribution is -2.34. The number of aromatic amines is 2. The van der Waals surface area contributed by atoms with Crippen LogP contribution in [0.5, 0.6) is 5.75 Å². The van der Waals surface area contributed by atoms with Gasteiger partial charge in [0.15, 0.2) is 17.5 Å². The Bertz CT molecular complexity index is 1280. The minimum atomic E-state index is -0.317. The molecule has 1 fully saturated rings. The number of fused-ring (bicyclic) bond motifs is 2. The van der Waals surface area contributed by atoms with E-state index in [4.69, 9.17) is 4.74 Å². The quantitative estimate of drug-likeness (QED) is 0.419. The maximum atomic E-state index is 13.3. The van der Waals surface area contributed by atoms with Gasteiger partial charge in [0.2, 0.25) is 0 Å². The molecule has 0 spiro atoms. The molecule has 4 heterocycles. The number of rotatable bonds is 6. The molecule has 0 saturated carbocycles. The van der Waals surface area contributed by atoms with Gasteiger partial charge in [0, 0.05) is 28.9 Å². The predicted molar refractivity (Wildman–Crippen MR) is 121 cm³/mol. The first-order valence-corrected chi connectivity index (χ1v) is 11.5. The number of nitrogens with one attached hydrogen (secondary N) is 3. The van der Waals surface area contributed by atoms with E-state index in [-0.39, 0.29) is 23.8 Å². The Hall–Kier alpha value is -3.59.